The molecule has 0 aromatic carbocycles. The van der Waals surface area contributed by atoms with Crippen LogP contribution in [0.3, 0.4) is 0 Å². The van der Waals surface area contributed by atoms with Gasteiger partial charge in [0.2, 0.25) is 5.91 Å². The molecule has 1 N–H and O–H groups in total. The zero-order valence-electron chi connectivity index (χ0n) is 8.94. The Morgan fingerprint density at radius 2 is 2.31 bits per heavy atom. The first-order valence-electron chi connectivity index (χ1n) is 4.95. The summed E-state index contributed by atoms with van der Waals surface area (Å²) in [7, 11) is 0. The molecule has 0 saturated carbocycles. The van der Waals surface area contributed by atoms with Gasteiger partial charge in [-0.05, 0) is 19.4 Å². The van der Waals surface area contributed by atoms with E-state index in [1.807, 2.05) is 13.8 Å². The molecule has 0 fully saturated rings. The minimum atomic E-state index is -0.0493. The third-order valence-corrected chi connectivity index (χ3v) is 3.89. The Kier molecular flexibility index (Phi) is 1.88. The fraction of sp³-hybridized carbons (Fsp3) is 0.300. The first-order chi connectivity index (χ1) is 7.66. The van der Waals surface area contributed by atoms with Gasteiger partial charge in [-0.15, -0.1) is 11.3 Å². The van der Waals surface area contributed by atoms with Crippen molar-refractivity contribution in [1.82, 2.24) is 14.8 Å². The molecule has 16 heavy (non-hydrogen) atoms. The topological polar surface area (TPSA) is 59.8 Å². The quantitative estimate of drug-likeness (QED) is 0.752. The molecule has 2 aromatic heterocycles. The molecule has 5 nitrogen and oxygen atoms in total. The van der Waals surface area contributed by atoms with Crippen LogP contribution >= 0.6 is 11.3 Å². The van der Waals surface area contributed by atoms with Gasteiger partial charge in [-0.2, -0.15) is 5.10 Å². The molecule has 0 aliphatic carbocycles. The van der Waals surface area contributed by atoms with Gasteiger partial charge < -0.3 is 5.32 Å². The van der Waals surface area contributed by atoms with Gasteiger partial charge in [0.25, 0.3) is 0 Å². The summed E-state index contributed by atoms with van der Waals surface area (Å²) in [5.74, 6) is 0.724. The second-order valence-corrected chi connectivity index (χ2v) is 5.00. The van der Waals surface area contributed by atoms with Crippen molar-refractivity contribution < 1.29 is 4.79 Å². The van der Waals surface area contributed by atoms with Gasteiger partial charge in [0.05, 0.1) is 5.56 Å². The van der Waals surface area contributed by atoms with Crippen LogP contribution in [0, 0.1) is 13.8 Å². The summed E-state index contributed by atoms with van der Waals surface area (Å²) in [6.07, 6.45) is 1.49. The lowest BCUT2D eigenvalue weighted by Crippen LogP contribution is -2.16. The lowest BCUT2D eigenvalue weighted by Gasteiger charge is -2.00. The monoisotopic (exact) mass is 234 g/mol. The van der Waals surface area contributed by atoms with Crippen molar-refractivity contribution >= 4 is 22.2 Å². The number of hydrogen-bond acceptors (Lipinski definition) is 4. The molecule has 1 amide bonds. The average molecular weight is 234 g/mol. The number of rotatable bonds is 0. The van der Waals surface area contributed by atoms with Gasteiger partial charge in [-0.3, -0.25) is 4.79 Å². The Bertz CT molecular complexity index is 584. The van der Waals surface area contributed by atoms with Crippen LogP contribution < -0.4 is 5.32 Å². The average Bonchev–Trinajstić information content (AvgIpc) is 2.71. The fourth-order valence-corrected chi connectivity index (χ4v) is 2.93. The number of nitrogens with zero attached hydrogens (tertiary/aromatic N) is 3. The maximum atomic E-state index is 11.6. The number of carbonyl (C=O) groups excluding carboxylic acids is 1. The maximum absolute atomic E-state index is 11.6. The van der Waals surface area contributed by atoms with Crippen LogP contribution in [-0.4, -0.2) is 20.7 Å². The molecular weight excluding hydrogens is 224 g/mol. The molecule has 0 saturated heterocycles. The van der Waals surface area contributed by atoms with Crippen LogP contribution in [0.2, 0.25) is 0 Å². The number of anilines is 1. The largest absolute Gasteiger partial charge is 0.315 e. The number of hydrogen-bond donors (Lipinski definition) is 1. The minimum Gasteiger partial charge on any atom is -0.315 e. The van der Waals surface area contributed by atoms with Gasteiger partial charge in [0, 0.05) is 4.88 Å². The Morgan fingerprint density at radius 1 is 1.50 bits per heavy atom. The van der Waals surface area contributed by atoms with Gasteiger partial charge in [-0.25, -0.2) is 9.67 Å². The molecule has 0 atom stereocenters. The summed E-state index contributed by atoms with van der Waals surface area (Å²) < 4.78 is 1.64. The van der Waals surface area contributed by atoms with E-state index < -0.39 is 0 Å². The molecule has 0 bridgehead atoms. The van der Waals surface area contributed by atoms with Crippen molar-refractivity contribution in [2.75, 3.05) is 5.32 Å². The molecule has 1 aliphatic heterocycles. The van der Waals surface area contributed by atoms with E-state index >= 15 is 0 Å². The van der Waals surface area contributed by atoms with Crippen LogP contribution in [0.15, 0.2) is 6.33 Å². The van der Waals surface area contributed by atoms with Crippen LogP contribution in [0.5, 0.6) is 0 Å². The highest BCUT2D eigenvalue weighted by atomic mass is 32.1. The number of amides is 1. The number of fused-ring (bicyclic) bond motifs is 3. The van der Waals surface area contributed by atoms with Gasteiger partial charge in [-0.1, -0.05) is 0 Å². The standard InChI is InChI=1S/C10H10N4OS/c1-5-6(2)16-10-8(5)9-11-4-12-14(9)3-7(15)13-10/h4H,3H2,1-2H3,(H,13,15). The SMILES string of the molecule is Cc1sc2c(c1C)-c1ncnn1CC(=O)N2. The van der Waals surface area contributed by atoms with Crippen molar-refractivity contribution in [3.63, 3.8) is 0 Å². The number of aromatic nitrogens is 3. The predicted molar refractivity (Wildman–Crippen MR) is 61.4 cm³/mol. The fourth-order valence-electron chi connectivity index (χ4n) is 1.86. The smallest absolute Gasteiger partial charge is 0.246 e. The summed E-state index contributed by atoms with van der Waals surface area (Å²) in [6, 6.07) is 0. The number of aryl methyl sites for hydroxylation is 1. The van der Waals surface area contributed by atoms with E-state index in [9.17, 15) is 4.79 Å². The van der Waals surface area contributed by atoms with Gasteiger partial charge in [0.1, 0.15) is 17.9 Å². The summed E-state index contributed by atoms with van der Waals surface area (Å²) in [5.41, 5.74) is 2.17. The van der Waals surface area contributed by atoms with E-state index in [2.05, 4.69) is 15.4 Å². The van der Waals surface area contributed by atoms with Crippen molar-refractivity contribution in [3.05, 3.63) is 16.8 Å². The molecule has 0 radical (unpaired) electrons. The van der Waals surface area contributed by atoms with Crippen molar-refractivity contribution in [1.29, 1.82) is 0 Å². The van der Waals surface area contributed by atoms with Crippen LogP contribution in [0.4, 0.5) is 5.00 Å². The van der Waals surface area contributed by atoms with Crippen LogP contribution in [-0.2, 0) is 11.3 Å². The molecule has 3 rings (SSSR count). The van der Waals surface area contributed by atoms with E-state index in [0.717, 1.165) is 22.0 Å². The van der Waals surface area contributed by atoms with E-state index in [1.165, 1.54) is 11.2 Å². The van der Waals surface area contributed by atoms with Gasteiger partial charge in [0.15, 0.2) is 5.82 Å². The lowest BCUT2D eigenvalue weighted by atomic mass is 10.1. The maximum Gasteiger partial charge on any atom is 0.246 e. The number of nitrogens with one attached hydrogen (secondary N) is 1. The Hall–Kier alpha value is -1.69. The first kappa shape index (κ1) is 9.53. The first-order valence-corrected chi connectivity index (χ1v) is 5.76. The van der Waals surface area contributed by atoms with Crippen LogP contribution in [0.1, 0.15) is 10.4 Å². The second kappa shape index (κ2) is 3.15. The zero-order chi connectivity index (χ0) is 11.3. The highest BCUT2D eigenvalue weighted by Crippen LogP contribution is 2.40. The van der Waals surface area contributed by atoms with E-state index in [4.69, 9.17) is 0 Å². The molecule has 0 spiro atoms. The third kappa shape index (κ3) is 1.19. The lowest BCUT2D eigenvalue weighted by molar-refractivity contribution is -0.116. The number of carbonyl (C=O) groups is 1. The van der Waals surface area contributed by atoms with Crippen molar-refractivity contribution in [3.8, 4) is 11.4 Å². The second-order valence-electron chi connectivity index (χ2n) is 3.78. The summed E-state index contributed by atoms with van der Waals surface area (Å²) in [5, 5.41) is 7.84. The molecule has 6 heteroatoms. The van der Waals surface area contributed by atoms with Crippen molar-refractivity contribution in [2.45, 2.75) is 20.4 Å². The summed E-state index contributed by atoms with van der Waals surface area (Å²) in [4.78, 5) is 17.1. The molecule has 1 aliphatic rings. The molecular formula is C10H10N4OS. The molecule has 2 aromatic rings. The summed E-state index contributed by atoms with van der Waals surface area (Å²) >= 11 is 1.59. The Morgan fingerprint density at radius 3 is 3.12 bits per heavy atom. The highest BCUT2D eigenvalue weighted by molar-refractivity contribution is 7.17. The molecule has 82 valence electrons. The minimum absolute atomic E-state index is 0.0493. The summed E-state index contributed by atoms with van der Waals surface area (Å²) in [6.45, 7) is 4.32. The van der Waals surface area contributed by atoms with Crippen LogP contribution in [0.25, 0.3) is 11.4 Å². The number of thiophene rings is 1. The van der Waals surface area contributed by atoms with E-state index in [1.54, 1.807) is 16.0 Å². The zero-order valence-corrected chi connectivity index (χ0v) is 9.76. The third-order valence-electron chi connectivity index (χ3n) is 2.77. The molecule has 3 heterocycles. The van der Waals surface area contributed by atoms with E-state index in [-0.39, 0.29) is 12.5 Å². The Labute approximate surface area is 96.1 Å². The van der Waals surface area contributed by atoms with Crippen molar-refractivity contribution in [2.24, 2.45) is 0 Å². The normalized spacial score (nSPS) is 14.0. The van der Waals surface area contributed by atoms with E-state index in [0.29, 0.717) is 0 Å². The Balaban J connectivity index is 2.34. The molecule has 0 unspecified atom stereocenters. The predicted octanol–water partition coefficient (Wildman–Crippen LogP) is 1.58. The highest BCUT2D eigenvalue weighted by Gasteiger charge is 2.24. The van der Waals surface area contributed by atoms with Gasteiger partial charge >= 0.3 is 0 Å².